The van der Waals surface area contributed by atoms with Gasteiger partial charge in [-0.05, 0) is 35.9 Å². The van der Waals surface area contributed by atoms with Gasteiger partial charge in [-0.25, -0.2) is 0 Å². The summed E-state index contributed by atoms with van der Waals surface area (Å²) in [6.45, 7) is 0.582. The quantitative estimate of drug-likeness (QED) is 0.504. The second kappa shape index (κ2) is 6.01. The maximum absolute atomic E-state index is 5.95. The molecule has 0 radical (unpaired) electrons. The summed E-state index contributed by atoms with van der Waals surface area (Å²) in [6.07, 6.45) is 2.10. The Kier molecular flexibility index (Phi) is 3.57. The highest BCUT2D eigenvalue weighted by Gasteiger charge is 2.05. The number of rotatable bonds is 4. The maximum Gasteiger partial charge on any atom is 0.121 e. The van der Waals surface area contributed by atoms with Crippen LogP contribution in [0.1, 0.15) is 5.56 Å². The van der Waals surface area contributed by atoms with Gasteiger partial charge in [0.25, 0.3) is 0 Å². The Morgan fingerprint density at radius 3 is 2.26 bits per heavy atom. The van der Waals surface area contributed by atoms with Crippen molar-refractivity contribution in [3.8, 4) is 11.4 Å². The summed E-state index contributed by atoms with van der Waals surface area (Å²) >= 11 is 0. The van der Waals surface area contributed by atoms with Crippen LogP contribution in [0.4, 0.5) is 0 Å². The minimum absolute atomic E-state index is 0.582. The number of fused-ring (bicyclic) bond motifs is 1. The molecule has 23 heavy (non-hydrogen) atoms. The molecule has 0 atom stereocenters. The van der Waals surface area contributed by atoms with Gasteiger partial charge in [-0.1, -0.05) is 48.5 Å². The summed E-state index contributed by atoms with van der Waals surface area (Å²) in [5.74, 6) is 0.886. The third-order valence-electron chi connectivity index (χ3n) is 3.95. The first-order valence-electron chi connectivity index (χ1n) is 7.73. The molecule has 0 N–H and O–H groups in total. The number of nitrogens with zero attached hydrogens (tertiary/aromatic N) is 1. The lowest BCUT2D eigenvalue weighted by Gasteiger charge is -2.09. The molecule has 0 fully saturated rings. The van der Waals surface area contributed by atoms with E-state index in [0.29, 0.717) is 6.61 Å². The van der Waals surface area contributed by atoms with Crippen LogP contribution in [0.3, 0.4) is 0 Å². The highest BCUT2D eigenvalue weighted by atomic mass is 16.5. The number of para-hydroxylation sites is 1. The van der Waals surface area contributed by atoms with E-state index in [1.54, 1.807) is 0 Å². The van der Waals surface area contributed by atoms with Crippen molar-refractivity contribution >= 4 is 10.9 Å². The first-order valence-corrected chi connectivity index (χ1v) is 7.73. The molecule has 112 valence electrons. The monoisotopic (exact) mass is 299 g/mol. The predicted molar refractivity (Wildman–Crippen MR) is 94.0 cm³/mol. The van der Waals surface area contributed by atoms with Gasteiger partial charge in [0.05, 0.1) is 5.52 Å². The predicted octanol–water partition coefficient (Wildman–Crippen LogP) is 5.21. The Labute approximate surface area is 135 Å². The van der Waals surface area contributed by atoms with E-state index in [9.17, 15) is 0 Å². The summed E-state index contributed by atoms with van der Waals surface area (Å²) in [7, 11) is 0. The molecular weight excluding hydrogens is 282 g/mol. The zero-order valence-corrected chi connectivity index (χ0v) is 12.7. The molecule has 2 heteroatoms. The van der Waals surface area contributed by atoms with Gasteiger partial charge >= 0.3 is 0 Å². The first-order chi connectivity index (χ1) is 11.4. The fourth-order valence-corrected chi connectivity index (χ4v) is 2.75. The van der Waals surface area contributed by atoms with Gasteiger partial charge in [0.15, 0.2) is 0 Å². The molecule has 3 aromatic carbocycles. The Morgan fingerprint density at radius 1 is 0.739 bits per heavy atom. The lowest BCUT2D eigenvalue weighted by molar-refractivity contribution is 0.306. The molecular formula is C21H17NO. The Morgan fingerprint density at radius 2 is 1.48 bits per heavy atom. The van der Waals surface area contributed by atoms with Gasteiger partial charge in [0.2, 0.25) is 0 Å². The van der Waals surface area contributed by atoms with Crippen molar-refractivity contribution < 1.29 is 4.74 Å². The van der Waals surface area contributed by atoms with Crippen LogP contribution in [0.5, 0.6) is 5.75 Å². The van der Waals surface area contributed by atoms with Crippen molar-refractivity contribution in [1.29, 1.82) is 0 Å². The van der Waals surface area contributed by atoms with Crippen LogP contribution in [0.2, 0.25) is 0 Å². The molecule has 4 rings (SSSR count). The van der Waals surface area contributed by atoms with E-state index in [1.807, 2.05) is 30.3 Å². The number of benzene rings is 3. The molecule has 2 nitrogen and oxygen atoms in total. The van der Waals surface area contributed by atoms with E-state index in [2.05, 4.69) is 65.4 Å². The van der Waals surface area contributed by atoms with E-state index in [0.717, 1.165) is 17.0 Å². The van der Waals surface area contributed by atoms with E-state index < -0.39 is 0 Å². The molecule has 0 unspecified atom stereocenters. The molecule has 0 saturated carbocycles. The smallest absolute Gasteiger partial charge is 0.121 e. The number of aromatic nitrogens is 1. The third-order valence-corrected chi connectivity index (χ3v) is 3.95. The Hall–Kier alpha value is -3.00. The molecule has 1 heterocycles. The van der Waals surface area contributed by atoms with Crippen molar-refractivity contribution in [3.05, 3.63) is 96.7 Å². The highest BCUT2D eigenvalue weighted by Crippen LogP contribution is 2.25. The minimum Gasteiger partial charge on any atom is -0.489 e. The second-order valence-electron chi connectivity index (χ2n) is 5.52. The van der Waals surface area contributed by atoms with Gasteiger partial charge in [0.1, 0.15) is 12.4 Å². The van der Waals surface area contributed by atoms with Crippen LogP contribution >= 0.6 is 0 Å². The van der Waals surface area contributed by atoms with E-state index in [1.165, 1.54) is 10.9 Å². The highest BCUT2D eigenvalue weighted by molar-refractivity contribution is 5.83. The molecule has 0 spiro atoms. The van der Waals surface area contributed by atoms with Crippen LogP contribution in [-0.4, -0.2) is 4.57 Å². The normalized spacial score (nSPS) is 10.8. The van der Waals surface area contributed by atoms with E-state index in [4.69, 9.17) is 4.74 Å². The molecule has 0 aliphatic rings. The van der Waals surface area contributed by atoms with Crippen LogP contribution in [0, 0.1) is 0 Å². The van der Waals surface area contributed by atoms with Crippen molar-refractivity contribution in [2.75, 3.05) is 0 Å². The van der Waals surface area contributed by atoms with Crippen molar-refractivity contribution in [3.63, 3.8) is 0 Å². The van der Waals surface area contributed by atoms with Crippen LogP contribution < -0.4 is 4.74 Å². The van der Waals surface area contributed by atoms with Crippen LogP contribution in [-0.2, 0) is 6.61 Å². The van der Waals surface area contributed by atoms with Crippen molar-refractivity contribution in [2.24, 2.45) is 0 Å². The van der Waals surface area contributed by atoms with E-state index >= 15 is 0 Å². The minimum atomic E-state index is 0.582. The van der Waals surface area contributed by atoms with Crippen LogP contribution in [0.15, 0.2) is 91.1 Å². The van der Waals surface area contributed by atoms with Crippen LogP contribution in [0.25, 0.3) is 16.6 Å². The van der Waals surface area contributed by atoms with Crippen molar-refractivity contribution in [1.82, 2.24) is 4.57 Å². The molecule has 0 saturated heterocycles. The van der Waals surface area contributed by atoms with Crippen molar-refractivity contribution in [2.45, 2.75) is 6.61 Å². The molecule has 0 aliphatic carbocycles. The lowest BCUT2D eigenvalue weighted by Crippen LogP contribution is -1.96. The SMILES string of the molecule is c1ccc(COc2ccc3ccn(-c4ccccc4)c3c2)cc1. The lowest BCUT2D eigenvalue weighted by atomic mass is 10.2. The maximum atomic E-state index is 5.95. The van der Waals surface area contributed by atoms with Gasteiger partial charge < -0.3 is 9.30 Å². The molecule has 0 aliphatic heterocycles. The average Bonchev–Trinajstić information content (AvgIpc) is 3.05. The molecule has 4 aromatic rings. The average molecular weight is 299 g/mol. The summed E-state index contributed by atoms with van der Waals surface area (Å²) < 4.78 is 8.13. The van der Waals surface area contributed by atoms with Gasteiger partial charge in [-0.2, -0.15) is 0 Å². The first kappa shape index (κ1) is 13.6. The fourth-order valence-electron chi connectivity index (χ4n) is 2.75. The van der Waals surface area contributed by atoms with Gasteiger partial charge in [0, 0.05) is 23.3 Å². The van der Waals surface area contributed by atoms with Gasteiger partial charge in [-0.3, -0.25) is 0 Å². The summed E-state index contributed by atoms with van der Waals surface area (Å²) in [5, 5.41) is 1.21. The largest absolute Gasteiger partial charge is 0.489 e. The zero-order chi connectivity index (χ0) is 15.5. The Bertz CT molecular complexity index is 910. The number of hydrogen-bond acceptors (Lipinski definition) is 1. The topological polar surface area (TPSA) is 14.2 Å². The zero-order valence-electron chi connectivity index (χ0n) is 12.7. The third kappa shape index (κ3) is 2.84. The molecule has 0 bridgehead atoms. The Balaban J connectivity index is 1.65. The molecule has 0 amide bonds. The van der Waals surface area contributed by atoms with Gasteiger partial charge in [-0.15, -0.1) is 0 Å². The summed E-state index contributed by atoms with van der Waals surface area (Å²) in [6, 6.07) is 28.9. The number of hydrogen-bond donors (Lipinski definition) is 0. The fraction of sp³-hybridized carbons (Fsp3) is 0.0476. The number of ether oxygens (including phenoxy) is 1. The summed E-state index contributed by atoms with van der Waals surface area (Å²) in [4.78, 5) is 0. The van der Waals surface area contributed by atoms with E-state index in [-0.39, 0.29) is 0 Å². The second-order valence-corrected chi connectivity index (χ2v) is 5.52. The standard InChI is InChI=1S/C21H17NO/c1-3-7-17(8-4-1)16-23-20-12-11-18-13-14-22(21(18)15-20)19-9-5-2-6-10-19/h1-15H,16H2. The molecule has 1 aromatic heterocycles. The summed E-state index contributed by atoms with van der Waals surface area (Å²) in [5.41, 5.74) is 3.48.